The summed E-state index contributed by atoms with van der Waals surface area (Å²) < 4.78 is 0. The van der Waals surface area contributed by atoms with Gasteiger partial charge in [0.05, 0.1) is 16.4 Å². The van der Waals surface area contributed by atoms with Gasteiger partial charge in [-0.25, -0.2) is 0 Å². The summed E-state index contributed by atoms with van der Waals surface area (Å²) in [7, 11) is 4.07. The molecule has 2 nitrogen and oxygen atoms in total. The maximum Gasteiger partial charge on any atom is 0.0786 e. The Morgan fingerprint density at radius 2 is 2.11 bits per heavy atom. The Labute approximate surface area is 125 Å². The van der Waals surface area contributed by atoms with Crippen molar-refractivity contribution in [3.05, 3.63) is 23.2 Å². The zero-order valence-corrected chi connectivity index (χ0v) is 13.7. The van der Waals surface area contributed by atoms with Crippen molar-refractivity contribution in [1.82, 2.24) is 0 Å². The van der Waals surface area contributed by atoms with E-state index in [0.29, 0.717) is 11.5 Å². The number of nitrogens with zero attached hydrogens (tertiary/aromatic N) is 1. The molecule has 0 aromatic heterocycles. The third kappa shape index (κ3) is 3.73. The first-order valence-electron chi connectivity index (χ1n) is 6.69. The van der Waals surface area contributed by atoms with Crippen LogP contribution in [-0.4, -0.2) is 31.6 Å². The molecule has 0 aliphatic carbocycles. The second kappa shape index (κ2) is 5.84. The third-order valence-corrected chi connectivity index (χ3v) is 5.33. The monoisotopic (exact) mass is 298 g/mol. The van der Waals surface area contributed by atoms with Crippen LogP contribution in [0.1, 0.15) is 20.3 Å². The molecule has 1 N–H and O–H groups in total. The molecule has 0 radical (unpaired) electrons. The van der Waals surface area contributed by atoms with E-state index in [1.54, 1.807) is 0 Å². The Morgan fingerprint density at radius 1 is 1.37 bits per heavy atom. The van der Waals surface area contributed by atoms with Gasteiger partial charge in [0.15, 0.2) is 0 Å². The second-order valence-corrected chi connectivity index (χ2v) is 7.69. The van der Waals surface area contributed by atoms with Gasteiger partial charge in [-0.3, -0.25) is 0 Å². The quantitative estimate of drug-likeness (QED) is 0.893. The number of hydrogen-bond donors (Lipinski definition) is 1. The van der Waals surface area contributed by atoms with Crippen molar-refractivity contribution in [2.75, 3.05) is 35.8 Å². The lowest BCUT2D eigenvalue weighted by atomic mass is 9.87. The highest BCUT2D eigenvalue weighted by molar-refractivity contribution is 7.99. The standard InChI is InChI=1S/C15H23ClN2S/c1-15(2)8-11(9-19-10-15)17-13-7-5-6-12(16)14(13)18(3)4/h5-7,11,17H,8-10H2,1-4H3. The van der Waals surface area contributed by atoms with Crippen LogP contribution in [-0.2, 0) is 0 Å². The second-order valence-electron chi connectivity index (χ2n) is 6.26. The van der Waals surface area contributed by atoms with Crippen molar-refractivity contribution >= 4 is 34.7 Å². The molecule has 0 amide bonds. The fourth-order valence-corrected chi connectivity index (χ4v) is 4.28. The summed E-state index contributed by atoms with van der Waals surface area (Å²) in [5, 5.41) is 4.48. The van der Waals surface area contributed by atoms with E-state index in [1.807, 2.05) is 38.0 Å². The number of hydrogen-bond acceptors (Lipinski definition) is 3. The largest absolute Gasteiger partial charge is 0.380 e. The van der Waals surface area contributed by atoms with Crippen LogP contribution in [0.3, 0.4) is 0 Å². The Hall–Kier alpha value is -0.540. The molecule has 1 unspecified atom stereocenters. The summed E-state index contributed by atoms with van der Waals surface area (Å²) in [6.45, 7) is 4.69. The Balaban J connectivity index is 2.17. The average molecular weight is 299 g/mol. The SMILES string of the molecule is CN(C)c1c(Cl)cccc1NC1CSCC(C)(C)C1. The van der Waals surface area contributed by atoms with Crippen LogP contribution < -0.4 is 10.2 Å². The molecule has 1 aromatic rings. The van der Waals surface area contributed by atoms with E-state index in [4.69, 9.17) is 11.6 Å². The number of anilines is 2. The van der Waals surface area contributed by atoms with E-state index in [2.05, 4.69) is 30.1 Å². The molecule has 19 heavy (non-hydrogen) atoms. The number of benzene rings is 1. The highest BCUT2D eigenvalue weighted by Gasteiger charge is 2.28. The van der Waals surface area contributed by atoms with Crippen LogP contribution in [0.25, 0.3) is 0 Å². The van der Waals surface area contributed by atoms with Gasteiger partial charge >= 0.3 is 0 Å². The van der Waals surface area contributed by atoms with Crippen LogP contribution in [0.15, 0.2) is 18.2 Å². The van der Waals surface area contributed by atoms with Crippen LogP contribution in [0.5, 0.6) is 0 Å². The van der Waals surface area contributed by atoms with Gasteiger partial charge in [-0.1, -0.05) is 31.5 Å². The van der Waals surface area contributed by atoms with Gasteiger partial charge in [0.25, 0.3) is 0 Å². The van der Waals surface area contributed by atoms with Crippen molar-refractivity contribution in [3.63, 3.8) is 0 Å². The summed E-state index contributed by atoms with van der Waals surface area (Å²) in [5.41, 5.74) is 2.63. The molecule has 1 heterocycles. The van der Waals surface area contributed by atoms with Crippen LogP contribution >= 0.6 is 23.4 Å². The lowest BCUT2D eigenvalue weighted by Gasteiger charge is -2.36. The molecular weight excluding hydrogens is 276 g/mol. The van der Waals surface area contributed by atoms with E-state index < -0.39 is 0 Å². The minimum Gasteiger partial charge on any atom is -0.380 e. The lowest BCUT2D eigenvalue weighted by Crippen LogP contribution is -2.35. The molecule has 1 saturated heterocycles. The molecule has 106 valence electrons. The summed E-state index contributed by atoms with van der Waals surface area (Å²) in [6, 6.07) is 6.60. The van der Waals surface area contributed by atoms with Crippen molar-refractivity contribution in [1.29, 1.82) is 0 Å². The molecular formula is C15H23ClN2S. The molecule has 1 atom stereocenters. The topological polar surface area (TPSA) is 15.3 Å². The van der Waals surface area contributed by atoms with Crippen molar-refractivity contribution < 1.29 is 0 Å². The molecule has 1 aliphatic heterocycles. The number of thioether (sulfide) groups is 1. The van der Waals surface area contributed by atoms with Crippen LogP contribution in [0.4, 0.5) is 11.4 Å². The molecule has 1 aliphatic rings. The van der Waals surface area contributed by atoms with Crippen molar-refractivity contribution in [2.24, 2.45) is 5.41 Å². The fraction of sp³-hybridized carbons (Fsp3) is 0.600. The molecule has 1 aromatic carbocycles. The van der Waals surface area contributed by atoms with E-state index in [9.17, 15) is 0 Å². The highest BCUT2D eigenvalue weighted by atomic mass is 35.5. The molecule has 4 heteroatoms. The van der Waals surface area contributed by atoms with E-state index in [1.165, 1.54) is 17.9 Å². The van der Waals surface area contributed by atoms with E-state index >= 15 is 0 Å². The molecule has 0 bridgehead atoms. The van der Waals surface area contributed by atoms with Crippen LogP contribution in [0, 0.1) is 5.41 Å². The minimum atomic E-state index is 0.414. The molecule has 0 spiro atoms. The molecule has 2 rings (SSSR count). The number of nitrogens with one attached hydrogen (secondary N) is 1. The average Bonchev–Trinajstić information content (AvgIpc) is 2.26. The van der Waals surface area contributed by atoms with Gasteiger partial charge in [-0.15, -0.1) is 0 Å². The zero-order chi connectivity index (χ0) is 14.0. The summed E-state index contributed by atoms with van der Waals surface area (Å²) in [5.74, 6) is 2.42. The first-order chi connectivity index (χ1) is 8.89. The molecule has 1 fully saturated rings. The smallest absolute Gasteiger partial charge is 0.0786 e. The Morgan fingerprint density at radius 3 is 2.74 bits per heavy atom. The first kappa shape index (κ1) is 14.9. The summed E-state index contributed by atoms with van der Waals surface area (Å²) >= 11 is 8.35. The first-order valence-corrected chi connectivity index (χ1v) is 8.22. The van der Waals surface area contributed by atoms with Crippen LogP contribution in [0.2, 0.25) is 5.02 Å². The number of para-hydroxylation sites is 1. The maximum atomic E-state index is 6.31. The van der Waals surface area contributed by atoms with Crippen molar-refractivity contribution in [3.8, 4) is 0 Å². The van der Waals surface area contributed by atoms with Gasteiger partial charge in [-0.05, 0) is 29.7 Å². The highest BCUT2D eigenvalue weighted by Crippen LogP contribution is 2.37. The van der Waals surface area contributed by atoms with E-state index in [0.717, 1.165) is 16.4 Å². The number of halogens is 1. The number of rotatable bonds is 3. The fourth-order valence-electron chi connectivity index (χ4n) is 2.66. The zero-order valence-electron chi connectivity index (χ0n) is 12.2. The van der Waals surface area contributed by atoms with Gasteiger partial charge in [-0.2, -0.15) is 11.8 Å². The van der Waals surface area contributed by atoms with Gasteiger partial charge in [0.1, 0.15) is 0 Å². The van der Waals surface area contributed by atoms with Gasteiger partial charge < -0.3 is 10.2 Å². The minimum absolute atomic E-state index is 0.414. The van der Waals surface area contributed by atoms with Gasteiger partial charge in [0, 0.05) is 25.9 Å². The summed E-state index contributed by atoms with van der Waals surface area (Å²) in [4.78, 5) is 2.08. The van der Waals surface area contributed by atoms with Gasteiger partial charge in [0.2, 0.25) is 0 Å². The van der Waals surface area contributed by atoms with Crippen molar-refractivity contribution in [2.45, 2.75) is 26.3 Å². The third-order valence-electron chi connectivity index (χ3n) is 3.40. The predicted octanol–water partition coefficient (Wildman–Crippen LogP) is 4.35. The summed E-state index contributed by atoms with van der Waals surface area (Å²) in [6.07, 6.45) is 1.21. The normalized spacial score (nSPS) is 22.1. The maximum absolute atomic E-state index is 6.31. The predicted molar refractivity (Wildman–Crippen MR) is 88.9 cm³/mol. The molecule has 0 saturated carbocycles. The Bertz CT molecular complexity index is 446. The lowest BCUT2D eigenvalue weighted by molar-refractivity contribution is 0.358. The van der Waals surface area contributed by atoms with E-state index in [-0.39, 0.29) is 0 Å². The Kier molecular flexibility index (Phi) is 4.57.